The third-order valence-electron chi connectivity index (χ3n) is 4.87. The van der Waals surface area contributed by atoms with Crippen LogP contribution in [0.5, 0.6) is 0 Å². The number of carbonyl (C=O) groups excluding carboxylic acids is 1. The van der Waals surface area contributed by atoms with E-state index in [1.54, 1.807) is 0 Å². The molecule has 1 fully saturated rings. The van der Waals surface area contributed by atoms with Crippen LogP contribution in [0.1, 0.15) is 29.5 Å². The van der Waals surface area contributed by atoms with Crippen molar-refractivity contribution in [2.24, 2.45) is 5.92 Å². The summed E-state index contributed by atoms with van der Waals surface area (Å²) in [6.45, 7) is 2.74. The molecule has 6 heteroatoms. The molecule has 1 saturated heterocycles. The van der Waals surface area contributed by atoms with Crippen LogP contribution in [-0.4, -0.2) is 23.9 Å². The molecule has 0 radical (unpaired) electrons. The Bertz CT molecular complexity index is 744. The minimum atomic E-state index is -4.34. The smallest absolute Gasteiger partial charge is 0.352 e. The van der Waals surface area contributed by atoms with E-state index in [2.05, 4.69) is 22.3 Å². The Labute approximate surface area is 157 Å². The van der Waals surface area contributed by atoms with Gasteiger partial charge in [-0.15, -0.1) is 0 Å². The van der Waals surface area contributed by atoms with Crippen LogP contribution in [-0.2, 0) is 24.1 Å². The molecular formula is C21H23F3N2O. The second kappa shape index (κ2) is 8.57. The highest BCUT2D eigenvalue weighted by atomic mass is 19.4. The number of likely N-dealkylation sites (tertiary alicyclic amines) is 1. The summed E-state index contributed by atoms with van der Waals surface area (Å²) in [4.78, 5) is 14.8. The fraction of sp³-hybridized carbons (Fsp3) is 0.381. The molecule has 27 heavy (non-hydrogen) atoms. The van der Waals surface area contributed by atoms with Gasteiger partial charge in [0.05, 0.1) is 11.5 Å². The molecule has 2 aromatic rings. The number of nitrogens with one attached hydrogen (secondary N) is 1. The van der Waals surface area contributed by atoms with Crippen molar-refractivity contribution in [3.05, 3.63) is 71.3 Å². The van der Waals surface area contributed by atoms with E-state index in [-0.39, 0.29) is 18.4 Å². The average Bonchev–Trinajstić information content (AvgIpc) is 2.67. The van der Waals surface area contributed by atoms with Gasteiger partial charge in [0, 0.05) is 19.6 Å². The van der Waals surface area contributed by atoms with E-state index in [0.717, 1.165) is 38.1 Å². The Kier molecular flexibility index (Phi) is 6.16. The van der Waals surface area contributed by atoms with Gasteiger partial charge in [-0.1, -0.05) is 42.5 Å². The van der Waals surface area contributed by atoms with Crippen LogP contribution in [0.4, 0.5) is 13.2 Å². The summed E-state index contributed by atoms with van der Waals surface area (Å²) in [7, 11) is 0. The van der Waals surface area contributed by atoms with Crippen molar-refractivity contribution in [2.45, 2.75) is 32.1 Å². The predicted octanol–water partition coefficient (Wildman–Crippen LogP) is 4.23. The highest BCUT2D eigenvalue weighted by Crippen LogP contribution is 2.29. The maximum atomic E-state index is 12.6. The second-order valence-electron chi connectivity index (χ2n) is 6.97. The molecule has 3 nitrogen and oxygen atoms in total. The normalized spacial score (nSPS) is 18.3. The average molecular weight is 376 g/mol. The predicted molar refractivity (Wildman–Crippen MR) is 97.7 cm³/mol. The number of alkyl halides is 3. The van der Waals surface area contributed by atoms with Crippen molar-refractivity contribution in [3.63, 3.8) is 0 Å². The monoisotopic (exact) mass is 376 g/mol. The standard InChI is InChI=1S/C21H23F3N2O/c22-21(23,24)19-10-8-16(9-11-19)13-25-20(27)18-7-4-12-26(15-18)14-17-5-2-1-3-6-17/h1-3,5-6,8-11,18H,4,7,12-15H2,(H,25,27). The molecule has 0 aromatic heterocycles. The van der Waals surface area contributed by atoms with E-state index in [4.69, 9.17) is 0 Å². The lowest BCUT2D eigenvalue weighted by Gasteiger charge is -2.32. The third kappa shape index (κ3) is 5.57. The van der Waals surface area contributed by atoms with Gasteiger partial charge in [-0.25, -0.2) is 0 Å². The Morgan fingerprint density at radius 2 is 1.74 bits per heavy atom. The van der Waals surface area contributed by atoms with Gasteiger partial charge in [-0.2, -0.15) is 13.2 Å². The second-order valence-corrected chi connectivity index (χ2v) is 6.97. The summed E-state index contributed by atoms with van der Waals surface area (Å²) in [5, 5.41) is 2.86. The topological polar surface area (TPSA) is 32.3 Å². The summed E-state index contributed by atoms with van der Waals surface area (Å²) < 4.78 is 37.8. The molecule has 0 aliphatic carbocycles. The molecule has 0 spiro atoms. The highest BCUT2D eigenvalue weighted by Gasteiger charge is 2.30. The minimum Gasteiger partial charge on any atom is -0.352 e. The molecule has 3 rings (SSSR count). The zero-order valence-corrected chi connectivity index (χ0v) is 15.0. The molecular weight excluding hydrogens is 353 g/mol. The van der Waals surface area contributed by atoms with E-state index < -0.39 is 11.7 Å². The number of carbonyl (C=O) groups is 1. The minimum absolute atomic E-state index is 0.0346. The zero-order chi connectivity index (χ0) is 19.3. The summed E-state index contributed by atoms with van der Waals surface area (Å²) in [5.74, 6) is -0.121. The van der Waals surface area contributed by atoms with Crippen LogP contribution in [0.2, 0.25) is 0 Å². The molecule has 144 valence electrons. The lowest BCUT2D eigenvalue weighted by atomic mass is 9.96. The third-order valence-corrected chi connectivity index (χ3v) is 4.87. The van der Waals surface area contributed by atoms with Crippen molar-refractivity contribution in [3.8, 4) is 0 Å². The number of piperidine rings is 1. The molecule has 2 aromatic carbocycles. The summed E-state index contributed by atoms with van der Waals surface area (Å²) in [5.41, 5.74) is 1.21. The van der Waals surface area contributed by atoms with Crippen LogP contribution >= 0.6 is 0 Å². The number of rotatable bonds is 5. The van der Waals surface area contributed by atoms with Crippen LogP contribution in [0.25, 0.3) is 0 Å². The summed E-state index contributed by atoms with van der Waals surface area (Å²) in [6.07, 6.45) is -2.54. The van der Waals surface area contributed by atoms with Crippen molar-refractivity contribution >= 4 is 5.91 Å². The molecule has 1 unspecified atom stereocenters. The fourth-order valence-electron chi connectivity index (χ4n) is 3.40. The Morgan fingerprint density at radius 1 is 1.04 bits per heavy atom. The largest absolute Gasteiger partial charge is 0.416 e. The quantitative estimate of drug-likeness (QED) is 0.847. The lowest BCUT2D eigenvalue weighted by molar-refractivity contribution is -0.137. The van der Waals surface area contributed by atoms with E-state index in [0.29, 0.717) is 12.1 Å². The Balaban J connectivity index is 1.50. The van der Waals surface area contributed by atoms with Gasteiger partial charge >= 0.3 is 6.18 Å². The van der Waals surface area contributed by atoms with Gasteiger partial charge in [0.15, 0.2) is 0 Å². The SMILES string of the molecule is O=C(NCc1ccc(C(F)(F)F)cc1)C1CCCN(Cc2ccccc2)C1. The number of nitrogens with zero attached hydrogens (tertiary/aromatic N) is 1. The Morgan fingerprint density at radius 3 is 2.41 bits per heavy atom. The van der Waals surface area contributed by atoms with Gasteiger partial charge in [0.1, 0.15) is 0 Å². The van der Waals surface area contributed by atoms with Gasteiger partial charge in [0.2, 0.25) is 5.91 Å². The van der Waals surface area contributed by atoms with Crippen LogP contribution in [0, 0.1) is 5.92 Å². The van der Waals surface area contributed by atoms with Crippen LogP contribution in [0.15, 0.2) is 54.6 Å². The number of hydrogen-bond acceptors (Lipinski definition) is 2. The first-order valence-corrected chi connectivity index (χ1v) is 9.12. The van der Waals surface area contributed by atoms with Crippen molar-refractivity contribution in [2.75, 3.05) is 13.1 Å². The van der Waals surface area contributed by atoms with Gasteiger partial charge in [0.25, 0.3) is 0 Å². The molecule has 0 bridgehead atoms. The van der Waals surface area contributed by atoms with Gasteiger partial charge in [-0.3, -0.25) is 9.69 Å². The molecule has 1 aliphatic heterocycles. The van der Waals surface area contributed by atoms with Crippen molar-refractivity contribution in [1.29, 1.82) is 0 Å². The van der Waals surface area contributed by atoms with Gasteiger partial charge in [-0.05, 0) is 42.6 Å². The first-order valence-electron chi connectivity index (χ1n) is 9.12. The summed E-state index contributed by atoms with van der Waals surface area (Å²) >= 11 is 0. The fourth-order valence-corrected chi connectivity index (χ4v) is 3.40. The van der Waals surface area contributed by atoms with E-state index in [1.807, 2.05) is 18.2 Å². The molecule has 1 heterocycles. The van der Waals surface area contributed by atoms with Crippen molar-refractivity contribution in [1.82, 2.24) is 10.2 Å². The molecule has 0 saturated carbocycles. The number of benzene rings is 2. The summed E-state index contributed by atoms with van der Waals surface area (Å²) in [6, 6.07) is 15.1. The Hall–Kier alpha value is -2.34. The van der Waals surface area contributed by atoms with E-state index in [1.165, 1.54) is 17.7 Å². The molecule has 1 aliphatic rings. The van der Waals surface area contributed by atoms with Crippen molar-refractivity contribution < 1.29 is 18.0 Å². The van der Waals surface area contributed by atoms with E-state index >= 15 is 0 Å². The first-order chi connectivity index (χ1) is 12.9. The number of amides is 1. The van der Waals surface area contributed by atoms with Crippen LogP contribution in [0.3, 0.4) is 0 Å². The van der Waals surface area contributed by atoms with E-state index in [9.17, 15) is 18.0 Å². The molecule has 1 N–H and O–H groups in total. The highest BCUT2D eigenvalue weighted by molar-refractivity contribution is 5.79. The van der Waals surface area contributed by atoms with Gasteiger partial charge < -0.3 is 5.32 Å². The van der Waals surface area contributed by atoms with Crippen LogP contribution < -0.4 is 5.32 Å². The first kappa shape index (κ1) is 19.4. The lowest BCUT2D eigenvalue weighted by Crippen LogP contribution is -2.42. The number of halogens is 3. The number of hydrogen-bond donors (Lipinski definition) is 1. The maximum absolute atomic E-state index is 12.6. The maximum Gasteiger partial charge on any atom is 0.416 e. The zero-order valence-electron chi connectivity index (χ0n) is 15.0. The molecule has 1 amide bonds. The molecule has 1 atom stereocenters.